The molecule has 1 aromatic carbocycles. The maximum Gasteiger partial charge on any atom is 0.224 e. The first kappa shape index (κ1) is 15.7. The number of nitrogens with zero attached hydrogens (tertiary/aromatic N) is 5. The highest BCUT2D eigenvalue weighted by Gasteiger charge is 1.81. The molecule has 0 aliphatic heterocycles. The zero-order valence-electron chi connectivity index (χ0n) is 13.6. The van der Waals surface area contributed by atoms with Gasteiger partial charge in [0, 0.05) is 14.1 Å². The molecule has 6 heteroatoms. The standard InChI is InChI=1S/C7H8N2.C5H8N4.C2H6/c1-8-9-7-5-3-2-4-6-7;1-4-7-3-8-5(6-2)9-4;1-2/h2-6H,1H3;3H,1-2H3,(H,6,7,8,9);1-2H3/i;3T;. The van der Waals surface area contributed by atoms with Crippen LogP contribution < -0.4 is 5.62 Å². The summed E-state index contributed by atoms with van der Waals surface area (Å²) < 4.78 is 7.08. The highest BCUT2D eigenvalue weighted by atomic mass is 15.1. The van der Waals surface area contributed by atoms with Gasteiger partial charge in [0.2, 0.25) is 5.62 Å². The summed E-state index contributed by atoms with van der Waals surface area (Å²) in [5.74, 6) is 0.653. The van der Waals surface area contributed by atoms with Gasteiger partial charge in [0.15, 0.2) is 0 Å². The normalized spacial score (nSPS) is 11.1. The largest absolute Gasteiger partial charge is 0.313 e. The Balaban J connectivity index is 0.000000342. The summed E-state index contributed by atoms with van der Waals surface area (Å²) in [4.78, 5) is 14.0. The Hall–Kier alpha value is -2.37. The van der Waals surface area contributed by atoms with E-state index in [1.165, 1.54) is 0 Å². The fourth-order valence-electron chi connectivity index (χ4n) is 1.08. The maximum absolute atomic E-state index is 7.08. The molecule has 0 spiro atoms. The zero-order chi connectivity index (χ0) is 16.1. The van der Waals surface area contributed by atoms with Crippen LogP contribution >= 0.6 is 0 Å². The number of benzene rings is 1. The van der Waals surface area contributed by atoms with Gasteiger partial charge in [0.1, 0.15) is 13.5 Å². The molecule has 0 bridgehead atoms. The molecule has 0 fully saturated rings. The number of H-pyrrole nitrogens is 1. The molecular formula is C14H22N6. The quantitative estimate of drug-likeness (QED) is 0.812. The Bertz CT molecular complexity index is 569. The maximum atomic E-state index is 7.08. The number of aryl methyl sites for hydroxylation is 1. The van der Waals surface area contributed by atoms with E-state index in [4.69, 9.17) is 1.37 Å². The summed E-state index contributed by atoms with van der Waals surface area (Å²) in [6, 6.07) is 9.64. The van der Waals surface area contributed by atoms with Gasteiger partial charge in [-0.2, -0.15) is 10.2 Å². The molecule has 0 aliphatic carbocycles. The lowest BCUT2D eigenvalue weighted by Gasteiger charge is -1.87. The Labute approximate surface area is 121 Å². The number of aromatic amines is 1. The summed E-state index contributed by atoms with van der Waals surface area (Å²) >= 11 is 0. The molecule has 0 aliphatic rings. The summed E-state index contributed by atoms with van der Waals surface area (Å²) in [6.45, 7) is 5.76. The van der Waals surface area contributed by atoms with Crippen LogP contribution in [0.3, 0.4) is 0 Å². The molecule has 0 amide bonds. The van der Waals surface area contributed by atoms with Crippen molar-refractivity contribution in [3.8, 4) is 0 Å². The van der Waals surface area contributed by atoms with Gasteiger partial charge in [0.25, 0.3) is 0 Å². The fourth-order valence-corrected chi connectivity index (χ4v) is 1.08. The summed E-state index contributed by atoms with van der Waals surface area (Å²) in [7, 11) is 3.27. The molecule has 6 nitrogen and oxygen atoms in total. The number of rotatable bonds is 1. The first-order chi connectivity index (χ1) is 10.2. The molecule has 20 heavy (non-hydrogen) atoms. The Morgan fingerprint density at radius 2 is 1.75 bits per heavy atom. The van der Waals surface area contributed by atoms with E-state index in [0.717, 1.165) is 5.69 Å². The second-order valence-corrected chi connectivity index (χ2v) is 3.22. The predicted octanol–water partition coefficient (Wildman–Crippen LogP) is 3.07. The van der Waals surface area contributed by atoms with Crippen molar-refractivity contribution in [1.29, 1.82) is 0 Å². The molecular weight excluding hydrogens is 252 g/mol. The summed E-state index contributed by atoms with van der Waals surface area (Å²) in [6.07, 6.45) is -0.00292. The summed E-state index contributed by atoms with van der Waals surface area (Å²) in [5, 5.41) is 7.46. The van der Waals surface area contributed by atoms with Gasteiger partial charge in [-0.05, 0) is 19.1 Å². The van der Waals surface area contributed by atoms with E-state index in [-0.39, 0.29) is 6.30 Å². The Morgan fingerprint density at radius 1 is 1.10 bits per heavy atom. The molecule has 1 N–H and O–H groups in total. The average Bonchev–Trinajstić information content (AvgIpc) is 2.50. The van der Waals surface area contributed by atoms with Crippen LogP contribution in [0.1, 0.15) is 21.0 Å². The van der Waals surface area contributed by atoms with Crippen LogP contribution in [-0.4, -0.2) is 29.0 Å². The van der Waals surface area contributed by atoms with Gasteiger partial charge in [0.05, 0.1) is 5.69 Å². The Kier molecular flexibility index (Phi) is 9.18. The molecule has 0 unspecified atom stereocenters. The number of aromatic nitrogens is 3. The molecule has 0 saturated carbocycles. The third-order valence-corrected chi connectivity index (χ3v) is 1.85. The molecule has 0 radical (unpaired) electrons. The zero-order valence-corrected chi connectivity index (χ0v) is 12.6. The lowest BCUT2D eigenvalue weighted by Crippen LogP contribution is -2.13. The predicted molar refractivity (Wildman–Crippen MR) is 80.8 cm³/mol. The van der Waals surface area contributed by atoms with Crippen LogP contribution in [0, 0.1) is 6.92 Å². The third-order valence-electron chi connectivity index (χ3n) is 1.85. The number of azo groups is 1. The number of hydrogen-bond donors (Lipinski definition) is 1. The summed E-state index contributed by atoms with van der Waals surface area (Å²) in [5.41, 5.74) is 1.34. The molecule has 108 valence electrons. The number of nitrogens with one attached hydrogen (secondary N) is 1. The van der Waals surface area contributed by atoms with Crippen LogP contribution in [0.2, 0.25) is 0 Å². The van der Waals surface area contributed by atoms with E-state index in [9.17, 15) is 0 Å². The lowest BCUT2D eigenvalue weighted by atomic mass is 10.3. The van der Waals surface area contributed by atoms with E-state index in [1.807, 2.05) is 44.2 Å². The molecule has 0 atom stereocenters. The van der Waals surface area contributed by atoms with Gasteiger partial charge in [-0.15, -0.1) is 0 Å². The minimum atomic E-state index is -0.00292. The van der Waals surface area contributed by atoms with Crippen LogP contribution in [0.5, 0.6) is 0 Å². The second kappa shape index (κ2) is 11.7. The van der Waals surface area contributed by atoms with Gasteiger partial charge < -0.3 is 4.98 Å². The highest BCUT2D eigenvalue weighted by molar-refractivity contribution is 5.34. The topological polar surface area (TPSA) is 78.6 Å². The smallest absolute Gasteiger partial charge is 0.224 e. The molecule has 1 aromatic heterocycles. The minimum absolute atomic E-state index is 0.00292. The molecule has 2 aromatic rings. The van der Waals surface area contributed by atoms with E-state index in [2.05, 4.69) is 30.2 Å². The van der Waals surface area contributed by atoms with Crippen molar-refractivity contribution >= 4 is 5.69 Å². The molecule has 0 saturated heterocycles. The second-order valence-electron chi connectivity index (χ2n) is 3.22. The van der Waals surface area contributed by atoms with E-state index >= 15 is 0 Å². The fraction of sp³-hybridized carbons (Fsp3) is 0.357. The van der Waals surface area contributed by atoms with E-state index < -0.39 is 0 Å². The van der Waals surface area contributed by atoms with Crippen LogP contribution in [-0.2, 0) is 0 Å². The molecule has 1 heterocycles. The first-order valence-electron chi connectivity index (χ1n) is 6.85. The lowest BCUT2D eigenvalue weighted by molar-refractivity contribution is 0.884. The van der Waals surface area contributed by atoms with Crippen LogP contribution in [0.4, 0.5) is 5.69 Å². The van der Waals surface area contributed by atoms with E-state index in [0.29, 0.717) is 11.4 Å². The third kappa shape index (κ3) is 7.86. The Morgan fingerprint density at radius 3 is 2.25 bits per heavy atom. The monoisotopic (exact) mass is 276 g/mol. The van der Waals surface area contributed by atoms with Gasteiger partial charge in [-0.25, -0.2) is 9.97 Å². The van der Waals surface area contributed by atoms with Crippen molar-refractivity contribution in [1.82, 2.24) is 15.0 Å². The number of hydrogen-bond acceptors (Lipinski definition) is 5. The van der Waals surface area contributed by atoms with E-state index in [1.54, 1.807) is 21.0 Å². The van der Waals surface area contributed by atoms with Crippen molar-refractivity contribution in [2.45, 2.75) is 20.8 Å². The van der Waals surface area contributed by atoms with Crippen LogP contribution in [0.15, 0.2) is 51.9 Å². The van der Waals surface area contributed by atoms with Crippen molar-refractivity contribution in [2.24, 2.45) is 15.2 Å². The van der Waals surface area contributed by atoms with Crippen molar-refractivity contribution < 1.29 is 1.37 Å². The van der Waals surface area contributed by atoms with Gasteiger partial charge >= 0.3 is 0 Å². The van der Waals surface area contributed by atoms with Crippen LogP contribution in [0.25, 0.3) is 0 Å². The average molecular weight is 276 g/mol. The minimum Gasteiger partial charge on any atom is -0.313 e. The van der Waals surface area contributed by atoms with Crippen molar-refractivity contribution in [3.63, 3.8) is 0 Å². The van der Waals surface area contributed by atoms with Gasteiger partial charge in [-0.1, -0.05) is 32.0 Å². The SMILES string of the molecule is CC.CN=Nc1ccccc1.[3H]c1nc(C)[nH]c(=NC)n1. The highest BCUT2D eigenvalue weighted by Crippen LogP contribution is 2.08. The van der Waals surface area contributed by atoms with Crippen molar-refractivity contribution in [3.05, 3.63) is 48.1 Å². The van der Waals surface area contributed by atoms with Gasteiger partial charge in [-0.3, -0.25) is 4.99 Å². The van der Waals surface area contributed by atoms with Crippen molar-refractivity contribution in [2.75, 3.05) is 14.1 Å². The first-order valence-corrected chi connectivity index (χ1v) is 6.35. The molecule has 2 rings (SSSR count).